The van der Waals surface area contributed by atoms with E-state index >= 15 is 0 Å². The smallest absolute Gasteiger partial charge is 0.269 e. The van der Waals surface area contributed by atoms with Crippen LogP contribution >= 0.6 is 0 Å². The van der Waals surface area contributed by atoms with Gasteiger partial charge in [0.15, 0.2) is 11.5 Å². The first kappa shape index (κ1) is 17.8. The summed E-state index contributed by atoms with van der Waals surface area (Å²) in [6.07, 6.45) is 4.33. The summed E-state index contributed by atoms with van der Waals surface area (Å²) in [5.41, 5.74) is 2.46. The van der Waals surface area contributed by atoms with Crippen molar-refractivity contribution in [3.63, 3.8) is 0 Å². The van der Waals surface area contributed by atoms with Crippen LogP contribution in [0.25, 0.3) is 17.0 Å². The molecule has 4 rings (SSSR count). The van der Waals surface area contributed by atoms with Gasteiger partial charge in [0, 0.05) is 12.4 Å². The van der Waals surface area contributed by atoms with Crippen LogP contribution in [0.5, 0.6) is 0 Å². The lowest BCUT2D eigenvalue weighted by atomic mass is 10.0. The number of hydrogen-bond acceptors (Lipinski definition) is 5. The Bertz CT molecular complexity index is 1080. The third-order valence-corrected chi connectivity index (χ3v) is 4.41. The molecule has 1 atom stereocenters. The van der Waals surface area contributed by atoms with Crippen molar-refractivity contribution in [2.75, 3.05) is 0 Å². The van der Waals surface area contributed by atoms with Crippen LogP contribution in [-0.4, -0.2) is 35.7 Å². The van der Waals surface area contributed by atoms with E-state index in [9.17, 15) is 4.79 Å². The van der Waals surface area contributed by atoms with E-state index in [1.165, 1.54) is 0 Å². The van der Waals surface area contributed by atoms with Gasteiger partial charge in [0.25, 0.3) is 5.91 Å². The van der Waals surface area contributed by atoms with Gasteiger partial charge in [-0.3, -0.25) is 19.3 Å². The Balaban J connectivity index is 1.59. The summed E-state index contributed by atoms with van der Waals surface area (Å²) < 4.78 is 1.90. The van der Waals surface area contributed by atoms with Crippen LogP contribution in [0, 0.1) is 5.92 Å². The van der Waals surface area contributed by atoms with E-state index in [-0.39, 0.29) is 11.9 Å². The lowest BCUT2D eigenvalue weighted by Crippen LogP contribution is -2.31. The van der Waals surface area contributed by atoms with Crippen molar-refractivity contribution in [3.05, 3.63) is 66.4 Å². The van der Waals surface area contributed by atoms with Gasteiger partial charge in [-0.1, -0.05) is 26.0 Å². The number of carbonyl (C=O) groups is 1. The number of aromatic nitrogens is 6. The molecule has 0 spiro atoms. The summed E-state index contributed by atoms with van der Waals surface area (Å²) in [5, 5.41) is 18.6. The molecule has 8 heteroatoms. The zero-order chi connectivity index (χ0) is 19.5. The molecule has 0 saturated carbocycles. The van der Waals surface area contributed by atoms with Gasteiger partial charge in [0.1, 0.15) is 11.4 Å². The summed E-state index contributed by atoms with van der Waals surface area (Å²) in [7, 11) is 0. The molecule has 2 N–H and O–H groups in total. The number of carbonyl (C=O) groups excluding carboxylic acids is 1. The molecule has 4 aromatic rings. The van der Waals surface area contributed by atoms with Gasteiger partial charge in [-0.25, -0.2) is 0 Å². The average Bonchev–Trinajstić information content (AvgIpc) is 3.35. The van der Waals surface area contributed by atoms with E-state index < -0.39 is 0 Å². The van der Waals surface area contributed by atoms with Crippen molar-refractivity contribution in [3.8, 4) is 11.4 Å². The molecular weight excluding hydrogens is 354 g/mol. The SMILES string of the molecule is CC(C)C[C@H](NC(=O)c1cc(-c2ccccn2)n[nH]1)c1nnc2ccccn12. The van der Waals surface area contributed by atoms with Gasteiger partial charge in [0.05, 0.1) is 11.7 Å². The minimum atomic E-state index is -0.272. The van der Waals surface area contributed by atoms with Crippen LogP contribution in [0.4, 0.5) is 0 Å². The third-order valence-electron chi connectivity index (χ3n) is 4.41. The maximum absolute atomic E-state index is 12.9. The molecule has 0 saturated heterocycles. The number of amides is 1. The van der Waals surface area contributed by atoms with E-state index in [4.69, 9.17) is 0 Å². The first-order valence-corrected chi connectivity index (χ1v) is 9.19. The van der Waals surface area contributed by atoms with E-state index in [0.29, 0.717) is 28.8 Å². The fourth-order valence-electron chi connectivity index (χ4n) is 3.12. The summed E-state index contributed by atoms with van der Waals surface area (Å²) in [4.78, 5) is 17.1. The highest BCUT2D eigenvalue weighted by atomic mass is 16.2. The van der Waals surface area contributed by atoms with E-state index in [1.807, 2.05) is 47.0 Å². The van der Waals surface area contributed by atoms with Crippen LogP contribution in [0.2, 0.25) is 0 Å². The molecule has 0 bridgehead atoms. The van der Waals surface area contributed by atoms with Crippen LogP contribution in [0.3, 0.4) is 0 Å². The molecule has 8 nitrogen and oxygen atoms in total. The molecule has 0 aromatic carbocycles. The first-order valence-electron chi connectivity index (χ1n) is 9.19. The predicted molar refractivity (Wildman–Crippen MR) is 104 cm³/mol. The van der Waals surface area contributed by atoms with Gasteiger partial charge < -0.3 is 5.32 Å². The van der Waals surface area contributed by atoms with E-state index in [2.05, 4.69) is 44.5 Å². The molecule has 0 aliphatic carbocycles. The molecule has 28 heavy (non-hydrogen) atoms. The fourth-order valence-corrected chi connectivity index (χ4v) is 3.12. The minimum absolute atomic E-state index is 0.243. The summed E-state index contributed by atoms with van der Waals surface area (Å²) in [5.74, 6) is 0.835. The first-order chi connectivity index (χ1) is 13.6. The third kappa shape index (κ3) is 3.62. The van der Waals surface area contributed by atoms with Crippen molar-refractivity contribution in [1.29, 1.82) is 0 Å². The second kappa shape index (κ2) is 7.59. The Kier molecular flexibility index (Phi) is 4.84. The van der Waals surface area contributed by atoms with Gasteiger partial charge in [0.2, 0.25) is 0 Å². The van der Waals surface area contributed by atoms with Crippen LogP contribution in [-0.2, 0) is 0 Å². The number of fused-ring (bicyclic) bond motifs is 1. The summed E-state index contributed by atoms with van der Waals surface area (Å²) in [6, 6.07) is 12.7. The maximum atomic E-state index is 12.9. The molecule has 0 radical (unpaired) electrons. The highest BCUT2D eigenvalue weighted by molar-refractivity contribution is 5.93. The van der Waals surface area contributed by atoms with Crippen molar-refractivity contribution < 1.29 is 4.79 Å². The van der Waals surface area contributed by atoms with Crippen LogP contribution in [0.15, 0.2) is 54.9 Å². The molecular formula is C20H21N7O. The van der Waals surface area contributed by atoms with Crippen LogP contribution in [0.1, 0.15) is 42.6 Å². The number of hydrogen-bond donors (Lipinski definition) is 2. The quantitative estimate of drug-likeness (QED) is 0.539. The molecule has 0 fully saturated rings. The molecule has 4 aromatic heterocycles. The molecule has 0 aliphatic heterocycles. The van der Waals surface area contributed by atoms with E-state index in [0.717, 1.165) is 12.1 Å². The zero-order valence-corrected chi connectivity index (χ0v) is 15.7. The topological polar surface area (TPSA) is 101 Å². The molecule has 0 aliphatic rings. The molecule has 1 amide bonds. The normalized spacial score (nSPS) is 12.4. The fraction of sp³-hybridized carbons (Fsp3) is 0.250. The highest BCUT2D eigenvalue weighted by Gasteiger charge is 2.23. The van der Waals surface area contributed by atoms with E-state index in [1.54, 1.807) is 12.3 Å². The lowest BCUT2D eigenvalue weighted by molar-refractivity contribution is 0.0924. The Hall–Kier alpha value is -3.55. The van der Waals surface area contributed by atoms with Crippen molar-refractivity contribution >= 4 is 11.6 Å². The monoisotopic (exact) mass is 375 g/mol. The second-order valence-electron chi connectivity index (χ2n) is 7.02. The predicted octanol–water partition coefficient (Wildman–Crippen LogP) is 3.03. The molecule has 142 valence electrons. The number of nitrogens with one attached hydrogen (secondary N) is 2. The van der Waals surface area contributed by atoms with Gasteiger partial charge in [-0.2, -0.15) is 5.10 Å². The van der Waals surface area contributed by atoms with Crippen molar-refractivity contribution in [2.24, 2.45) is 5.92 Å². The zero-order valence-electron chi connectivity index (χ0n) is 15.7. The lowest BCUT2D eigenvalue weighted by Gasteiger charge is -2.18. The Morgan fingerprint density at radius 1 is 1.14 bits per heavy atom. The highest BCUT2D eigenvalue weighted by Crippen LogP contribution is 2.22. The molecule has 4 heterocycles. The number of nitrogens with zero attached hydrogens (tertiary/aromatic N) is 5. The number of pyridine rings is 2. The second-order valence-corrected chi connectivity index (χ2v) is 7.02. The number of H-pyrrole nitrogens is 1. The van der Waals surface area contributed by atoms with Crippen LogP contribution < -0.4 is 5.32 Å². The molecule has 0 unspecified atom stereocenters. The largest absolute Gasteiger partial charge is 0.341 e. The van der Waals surface area contributed by atoms with Crippen molar-refractivity contribution in [1.82, 2.24) is 35.1 Å². The van der Waals surface area contributed by atoms with Gasteiger partial charge >= 0.3 is 0 Å². The average molecular weight is 375 g/mol. The number of rotatable bonds is 6. The number of aromatic amines is 1. The Morgan fingerprint density at radius 3 is 2.79 bits per heavy atom. The van der Waals surface area contributed by atoms with Crippen molar-refractivity contribution in [2.45, 2.75) is 26.3 Å². The summed E-state index contributed by atoms with van der Waals surface area (Å²) in [6.45, 7) is 4.22. The Morgan fingerprint density at radius 2 is 2.00 bits per heavy atom. The van der Waals surface area contributed by atoms with Gasteiger partial charge in [-0.05, 0) is 42.7 Å². The maximum Gasteiger partial charge on any atom is 0.269 e. The summed E-state index contributed by atoms with van der Waals surface area (Å²) >= 11 is 0. The Labute approximate surface area is 162 Å². The standard InChI is InChI=1S/C20H21N7O/c1-13(2)11-16(19-26-25-18-8-4-6-10-27(18)19)22-20(28)17-12-15(23-24-17)14-7-3-5-9-21-14/h3-10,12-13,16H,11H2,1-2H3,(H,22,28)(H,23,24)/t16-/m0/s1. The minimum Gasteiger partial charge on any atom is -0.341 e. The van der Waals surface area contributed by atoms with Gasteiger partial charge in [-0.15, -0.1) is 10.2 Å².